The van der Waals surface area contributed by atoms with Crippen molar-refractivity contribution in [3.05, 3.63) is 52.6 Å². The second-order valence-electron chi connectivity index (χ2n) is 3.59. The van der Waals surface area contributed by atoms with Gasteiger partial charge in [-0.15, -0.1) is 0 Å². The van der Waals surface area contributed by atoms with Crippen molar-refractivity contribution in [1.29, 1.82) is 0 Å². The van der Waals surface area contributed by atoms with Crippen LogP contribution in [0, 0.1) is 12.7 Å². The fourth-order valence-corrected chi connectivity index (χ4v) is 1.64. The smallest absolute Gasteiger partial charge is 0.260 e. The third kappa shape index (κ3) is 2.81. The molecule has 0 bridgehead atoms. The molecule has 1 amide bonds. The SMILES string of the molecule is Cc1cc(Cl)nc(NC(=O)c2ccccc2F)n1. The van der Waals surface area contributed by atoms with Crippen LogP contribution in [0.15, 0.2) is 30.3 Å². The number of rotatable bonds is 2. The third-order valence-corrected chi connectivity index (χ3v) is 2.36. The van der Waals surface area contributed by atoms with Crippen LogP contribution in [0.2, 0.25) is 5.15 Å². The Kier molecular flexibility index (Phi) is 3.53. The number of hydrogen-bond donors (Lipinski definition) is 1. The van der Waals surface area contributed by atoms with Gasteiger partial charge in [-0.2, -0.15) is 0 Å². The van der Waals surface area contributed by atoms with Crippen LogP contribution < -0.4 is 5.32 Å². The summed E-state index contributed by atoms with van der Waals surface area (Å²) in [5, 5.41) is 2.61. The number of nitrogens with one attached hydrogen (secondary N) is 1. The molecule has 0 spiro atoms. The maximum Gasteiger partial charge on any atom is 0.260 e. The van der Waals surface area contributed by atoms with Crippen molar-refractivity contribution in [3.63, 3.8) is 0 Å². The zero-order valence-corrected chi connectivity index (χ0v) is 10.2. The molecule has 0 saturated heterocycles. The predicted molar refractivity (Wildman–Crippen MR) is 66.1 cm³/mol. The Balaban J connectivity index is 2.24. The van der Waals surface area contributed by atoms with Crippen molar-refractivity contribution in [3.8, 4) is 0 Å². The molecule has 0 saturated carbocycles. The molecule has 4 nitrogen and oxygen atoms in total. The zero-order valence-electron chi connectivity index (χ0n) is 9.45. The summed E-state index contributed by atoms with van der Waals surface area (Å²) in [6.07, 6.45) is 0. The minimum absolute atomic E-state index is 0.0493. The molecule has 0 atom stereocenters. The number of carbonyl (C=O) groups excluding carboxylic acids is 1. The zero-order chi connectivity index (χ0) is 13.1. The summed E-state index contributed by atoms with van der Waals surface area (Å²) in [6.45, 7) is 1.71. The maximum absolute atomic E-state index is 13.4. The van der Waals surface area contributed by atoms with E-state index >= 15 is 0 Å². The molecule has 2 aromatic rings. The number of amides is 1. The lowest BCUT2D eigenvalue weighted by Gasteiger charge is -2.05. The second-order valence-corrected chi connectivity index (χ2v) is 3.98. The normalized spacial score (nSPS) is 10.2. The van der Waals surface area contributed by atoms with Crippen LogP contribution in [0.3, 0.4) is 0 Å². The number of anilines is 1. The molecule has 0 radical (unpaired) electrons. The van der Waals surface area contributed by atoms with Gasteiger partial charge in [0, 0.05) is 5.69 Å². The Morgan fingerprint density at radius 2 is 2.06 bits per heavy atom. The fraction of sp³-hybridized carbons (Fsp3) is 0.0833. The van der Waals surface area contributed by atoms with E-state index in [0.717, 1.165) is 0 Å². The largest absolute Gasteiger partial charge is 0.290 e. The minimum atomic E-state index is -0.616. The summed E-state index contributed by atoms with van der Waals surface area (Å²) in [4.78, 5) is 19.6. The van der Waals surface area contributed by atoms with Gasteiger partial charge >= 0.3 is 0 Å². The van der Waals surface area contributed by atoms with E-state index in [-0.39, 0.29) is 16.7 Å². The van der Waals surface area contributed by atoms with Crippen LogP contribution in [-0.2, 0) is 0 Å². The maximum atomic E-state index is 13.4. The van der Waals surface area contributed by atoms with Crippen LogP contribution in [0.5, 0.6) is 0 Å². The first kappa shape index (κ1) is 12.4. The lowest BCUT2D eigenvalue weighted by atomic mass is 10.2. The van der Waals surface area contributed by atoms with E-state index < -0.39 is 11.7 Å². The molecule has 0 unspecified atom stereocenters. The van der Waals surface area contributed by atoms with E-state index in [2.05, 4.69) is 15.3 Å². The van der Waals surface area contributed by atoms with Crippen LogP contribution in [0.25, 0.3) is 0 Å². The molecule has 1 aromatic carbocycles. The summed E-state index contributed by atoms with van der Waals surface area (Å²) in [6, 6.07) is 7.22. The molecule has 2 rings (SSSR count). The molecule has 1 N–H and O–H groups in total. The Hall–Kier alpha value is -2.01. The third-order valence-electron chi connectivity index (χ3n) is 2.17. The van der Waals surface area contributed by atoms with Gasteiger partial charge < -0.3 is 0 Å². The number of hydrogen-bond acceptors (Lipinski definition) is 3. The first-order valence-electron chi connectivity index (χ1n) is 5.13. The van der Waals surface area contributed by atoms with E-state index in [0.29, 0.717) is 5.69 Å². The van der Waals surface area contributed by atoms with Gasteiger partial charge in [-0.05, 0) is 25.1 Å². The standard InChI is InChI=1S/C12H9ClFN3O/c1-7-6-10(13)16-12(15-7)17-11(18)8-4-2-3-5-9(8)14/h2-6H,1H3,(H,15,16,17,18). The van der Waals surface area contributed by atoms with Gasteiger partial charge in [-0.3, -0.25) is 10.1 Å². The number of carbonyl (C=O) groups is 1. The average molecular weight is 266 g/mol. The first-order valence-corrected chi connectivity index (χ1v) is 5.51. The van der Waals surface area contributed by atoms with E-state index in [1.165, 1.54) is 18.2 Å². The molecule has 1 aromatic heterocycles. The highest BCUT2D eigenvalue weighted by Crippen LogP contribution is 2.12. The monoisotopic (exact) mass is 265 g/mol. The van der Waals surface area contributed by atoms with Gasteiger partial charge in [0.15, 0.2) is 0 Å². The summed E-state index contributed by atoms with van der Waals surface area (Å²) >= 11 is 5.73. The molecule has 92 valence electrons. The summed E-state index contributed by atoms with van der Waals surface area (Å²) < 4.78 is 13.4. The summed E-state index contributed by atoms with van der Waals surface area (Å²) in [7, 11) is 0. The second kappa shape index (κ2) is 5.10. The van der Waals surface area contributed by atoms with Gasteiger partial charge in [0.05, 0.1) is 5.56 Å². The number of aryl methyl sites for hydroxylation is 1. The van der Waals surface area contributed by atoms with Crippen molar-refractivity contribution in [1.82, 2.24) is 9.97 Å². The van der Waals surface area contributed by atoms with Gasteiger partial charge in [-0.25, -0.2) is 14.4 Å². The summed E-state index contributed by atoms with van der Waals surface area (Å²) in [5.41, 5.74) is 0.539. The lowest BCUT2D eigenvalue weighted by molar-refractivity contribution is 0.102. The van der Waals surface area contributed by atoms with Gasteiger partial charge in [0.2, 0.25) is 5.95 Å². The predicted octanol–water partition coefficient (Wildman–Crippen LogP) is 2.83. The Morgan fingerprint density at radius 1 is 1.33 bits per heavy atom. The van der Waals surface area contributed by atoms with Crippen LogP contribution in [0.4, 0.5) is 10.3 Å². The Morgan fingerprint density at radius 3 is 2.72 bits per heavy atom. The van der Waals surface area contributed by atoms with Gasteiger partial charge in [0.25, 0.3) is 5.91 Å². The lowest BCUT2D eigenvalue weighted by Crippen LogP contribution is -2.16. The molecule has 0 aliphatic carbocycles. The van der Waals surface area contributed by atoms with Crippen molar-refractivity contribution < 1.29 is 9.18 Å². The van der Waals surface area contributed by atoms with Gasteiger partial charge in [-0.1, -0.05) is 23.7 Å². The minimum Gasteiger partial charge on any atom is -0.290 e. The molecule has 18 heavy (non-hydrogen) atoms. The van der Waals surface area contributed by atoms with Gasteiger partial charge in [0.1, 0.15) is 11.0 Å². The average Bonchev–Trinajstić information content (AvgIpc) is 2.27. The molecule has 1 heterocycles. The number of aromatic nitrogens is 2. The highest BCUT2D eigenvalue weighted by atomic mass is 35.5. The van der Waals surface area contributed by atoms with Crippen LogP contribution in [0.1, 0.15) is 16.1 Å². The summed E-state index contributed by atoms with van der Waals surface area (Å²) in [5.74, 6) is -1.17. The van der Waals surface area contributed by atoms with Crippen molar-refractivity contribution >= 4 is 23.5 Å². The van der Waals surface area contributed by atoms with Crippen molar-refractivity contribution in [2.45, 2.75) is 6.92 Å². The van der Waals surface area contributed by atoms with Crippen molar-refractivity contribution in [2.24, 2.45) is 0 Å². The first-order chi connectivity index (χ1) is 8.56. The molecule has 6 heteroatoms. The van der Waals surface area contributed by atoms with E-state index in [1.54, 1.807) is 19.1 Å². The molecule has 0 aliphatic rings. The number of benzene rings is 1. The fourth-order valence-electron chi connectivity index (χ4n) is 1.40. The molecule has 0 aliphatic heterocycles. The van der Waals surface area contributed by atoms with Crippen LogP contribution in [-0.4, -0.2) is 15.9 Å². The topological polar surface area (TPSA) is 54.9 Å². The Labute approximate surface area is 108 Å². The Bertz CT molecular complexity index is 583. The van der Waals surface area contributed by atoms with Crippen molar-refractivity contribution in [2.75, 3.05) is 5.32 Å². The number of nitrogens with zero attached hydrogens (tertiary/aromatic N) is 2. The highest BCUT2D eigenvalue weighted by molar-refractivity contribution is 6.29. The molecule has 0 fully saturated rings. The van der Waals surface area contributed by atoms with E-state index in [1.807, 2.05) is 0 Å². The van der Waals surface area contributed by atoms with E-state index in [9.17, 15) is 9.18 Å². The highest BCUT2D eigenvalue weighted by Gasteiger charge is 2.12. The van der Waals surface area contributed by atoms with E-state index in [4.69, 9.17) is 11.6 Å². The quantitative estimate of drug-likeness (QED) is 0.850. The molecular weight excluding hydrogens is 257 g/mol. The van der Waals surface area contributed by atoms with Crippen LogP contribution >= 0.6 is 11.6 Å². The number of halogens is 2. The molecular formula is C12H9ClFN3O.